The molecule has 0 radical (unpaired) electrons. The molecule has 0 aliphatic carbocycles. The van der Waals surface area contributed by atoms with Crippen LogP contribution in [-0.4, -0.2) is 64.5 Å². The van der Waals surface area contributed by atoms with Gasteiger partial charge in [-0.3, -0.25) is 19.7 Å². The lowest BCUT2D eigenvalue weighted by molar-refractivity contribution is -0.384. The van der Waals surface area contributed by atoms with Crippen molar-refractivity contribution in [1.29, 1.82) is 0 Å². The van der Waals surface area contributed by atoms with Crippen LogP contribution in [-0.2, 0) is 23.1 Å². The molecular formula is C21H28N4O5. The molecule has 2 rings (SSSR count). The second kappa shape index (κ2) is 11.1. The van der Waals surface area contributed by atoms with Gasteiger partial charge in [-0.2, -0.15) is 0 Å². The van der Waals surface area contributed by atoms with E-state index in [9.17, 15) is 19.7 Å². The molecular weight excluding hydrogens is 388 g/mol. The van der Waals surface area contributed by atoms with Crippen LogP contribution in [0.3, 0.4) is 0 Å². The van der Waals surface area contributed by atoms with Crippen LogP contribution < -0.4 is 0 Å². The summed E-state index contributed by atoms with van der Waals surface area (Å²) in [7, 11) is 3.48. The second-order valence-corrected chi connectivity index (χ2v) is 6.95. The Balaban J connectivity index is 2.18. The summed E-state index contributed by atoms with van der Waals surface area (Å²) in [6, 6.07) is 9.40. The molecule has 0 aliphatic heterocycles. The normalized spacial score (nSPS) is 10.6. The van der Waals surface area contributed by atoms with E-state index in [-0.39, 0.29) is 23.7 Å². The quantitative estimate of drug-likeness (QED) is 0.414. The van der Waals surface area contributed by atoms with Crippen molar-refractivity contribution < 1.29 is 19.2 Å². The molecule has 0 fully saturated rings. The number of carbonyl (C=O) groups excluding carboxylic acids is 2. The lowest BCUT2D eigenvalue weighted by Crippen LogP contribution is -2.44. The molecule has 0 bridgehead atoms. The number of ether oxygens (including phenoxy) is 1. The number of hydrogen-bond acceptors (Lipinski definition) is 5. The van der Waals surface area contributed by atoms with Gasteiger partial charge in [0.05, 0.1) is 18.1 Å². The van der Waals surface area contributed by atoms with Crippen molar-refractivity contribution in [2.75, 3.05) is 33.4 Å². The molecule has 1 aromatic heterocycles. The Kier molecular flexibility index (Phi) is 8.54. The third-order valence-electron chi connectivity index (χ3n) is 4.73. The lowest BCUT2D eigenvalue weighted by atomic mass is 10.1. The minimum atomic E-state index is -0.543. The number of nitrogens with zero attached hydrogens (tertiary/aromatic N) is 4. The summed E-state index contributed by atoms with van der Waals surface area (Å²) in [5.41, 5.74) is 0.997. The van der Waals surface area contributed by atoms with Crippen LogP contribution in [0.25, 0.3) is 0 Å². The van der Waals surface area contributed by atoms with Crippen molar-refractivity contribution in [2.45, 2.75) is 19.9 Å². The molecule has 0 atom stereocenters. The number of aryl methyl sites for hydroxylation is 1. The molecule has 9 nitrogen and oxygen atoms in total. The molecule has 1 heterocycles. The highest BCUT2D eigenvalue weighted by Crippen LogP contribution is 2.15. The van der Waals surface area contributed by atoms with Crippen molar-refractivity contribution in [1.82, 2.24) is 14.4 Å². The van der Waals surface area contributed by atoms with E-state index in [2.05, 4.69) is 0 Å². The summed E-state index contributed by atoms with van der Waals surface area (Å²) in [6.45, 7) is 3.34. The highest BCUT2D eigenvalue weighted by molar-refractivity contribution is 5.97. The third-order valence-corrected chi connectivity index (χ3v) is 4.73. The van der Waals surface area contributed by atoms with Gasteiger partial charge in [-0.1, -0.05) is 13.0 Å². The summed E-state index contributed by atoms with van der Waals surface area (Å²) in [5, 5.41) is 11.0. The number of nitro groups is 1. The molecule has 30 heavy (non-hydrogen) atoms. The van der Waals surface area contributed by atoms with Gasteiger partial charge in [-0.05, 0) is 24.6 Å². The summed E-state index contributed by atoms with van der Waals surface area (Å²) < 4.78 is 7.07. The fourth-order valence-corrected chi connectivity index (χ4v) is 3.07. The number of amides is 2. The number of carbonyl (C=O) groups is 2. The van der Waals surface area contributed by atoms with Crippen molar-refractivity contribution >= 4 is 17.5 Å². The van der Waals surface area contributed by atoms with Crippen molar-refractivity contribution in [2.24, 2.45) is 7.05 Å². The summed E-state index contributed by atoms with van der Waals surface area (Å²) in [5.74, 6) is -0.611. The van der Waals surface area contributed by atoms with Crippen LogP contribution >= 0.6 is 0 Å². The van der Waals surface area contributed by atoms with Crippen LogP contribution in [0.2, 0.25) is 0 Å². The Morgan fingerprint density at radius 2 is 1.93 bits per heavy atom. The van der Waals surface area contributed by atoms with Gasteiger partial charge in [0.1, 0.15) is 6.54 Å². The topological polar surface area (TPSA) is 97.9 Å². The Morgan fingerprint density at radius 3 is 2.53 bits per heavy atom. The molecule has 0 spiro atoms. The minimum Gasteiger partial charge on any atom is -0.383 e. The first-order chi connectivity index (χ1) is 14.4. The number of non-ortho nitro benzene ring substituents is 1. The molecule has 162 valence electrons. The van der Waals surface area contributed by atoms with Crippen molar-refractivity contribution in [3.8, 4) is 0 Å². The maximum Gasteiger partial charge on any atom is 0.270 e. The van der Waals surface area contributed by atoms with E-state index in [0.29, 0.717) is 32.7 Å². The first-order valence-electron chi connectivity index (χ1n) is 9.78. The standard InChI is InChI=1S/C21H28N4O5/c1-4-10-24(21(27)17-7-5-8-18(14-17)25(28)29)16-20(26)23(12-13-30-3)15-19-9-6-11-22(19)2/h5-9,11,14H,4,10,12-13,15-16H2,1-3H3. The molecule has 2 aromatic rings. The number of hydrogen-bond donors (Lipinski definition) is 0. The van der Waals surface area contributed by atoms with Gasteiger partial charge < -0.3 is 19.1 Å². The second-order valence-electron chi connectivity index (χ2n) is 6.95. The highest BCUT2D eigenvalue weighted by Gasteiger charge is 2.23. The Bertz CT molecular complexity index is 880. The summed E-state index contributed by atoms with van der Waals surface area (Å²) in [6.07, 6.45) is 2.56. The lowest BCUT2D eigenvalue weighted by Gasteiger charge is -2.27. The van der Waals surface area contributed by atoms with Crippen LogP contribution in [0.1, 0.15) is 29.4 Å². The van der Waals surface area contributed by atoms with Crippen molar-refractivity contribution in [3.63, 3.8) is 0 Å². The van der Waals surface area contributed by atoms with Crippen LogP contribution in [0, 0.1) is 10.1 Å². The predicted octanol–water partition coefficient (Wildman–Crippen LogP) is 2.46. The van der Waals surface area contributed by atoms with Gasteiger partial charge >= 0.3 is 0 Å². The number of methoxy groups -OCH3 is 1. The molecule has 1 aromatic carbocycles. The van der Waals surface area contributed by atoms with Gasteiger partial charge in [-0.15, -0.1) is 0 Å². The molecule has 0 saturated carbocycles. The molecule has 0 aliphatic rings. The van der Waals surface area contributed by atoms with E-state index < -0.39 is 10.8 Å². The van der Waals surface area contributed by atoms with E-state index in [1.165, 1.54) is 29.2 Å². The Labute approximate surface area is 176 Å². The molecule has 9 heteroatoms. The SMILES string of the molecule is CCCN(CC(=O)N(CCOC)Cc1cccn1C)C(=O)c1cccc([N+](=O)[O-])c1. The van der Waals surface area contributed by atoms with E-state index >= 15 is 0 Å². The zero-order chi connectivity index (χ0) is 22.1. The van der Waals surface area contributed by atoms with E-state index in [0.717, 1.165) is 5.69 Å². The monoisotopic (exact) mass is 416 g/mol. The number of aromatic nitrogens is 1. The number of benzene rings is 1. The fourth-order valence-electron chi connectivity index (χ4n) is 3.07. The maximum absolute atomic E-state index is 13.0. The van der Waals surface area contributed by atoms with Gasteiger partial charge in [0.2, 0.25) is 5.91 Å². The molecule has 0 saturated heterocycles. The van der Waals surface area contributed by atoms with Crippen molar-refractivity contribution in [3.05, 3.63) is 64.0 Å². The fraction of sp³-hybridized carbons (Fsp3) is 0.429. The van der Waals surface area contributed by atoms with Crippen LogP contribution in [0.5, 0.6) is 0 Å². The first kappa shape index (κ1) is 23.1. The summed E-state index contributed by atoms with van der Waals surface area (Å²) >= 11 is 0. The maximum atomic E-state index is 13.0. The van der Waals surface area contributed by atoms with E-state index in [1.807, 2.05) is 36.9 Å². The van der Waals surface area contributed by atoms with E-state index in [4.69, 9.17) is 4.74 Å². The molecule has 0 N–H and O–H groups in total. The van der Waals surface area contributed by atoms with Gasteiger partial charge in [-0.25, -0.2) is 0 Å². The highest BCUT2D eigenvalue weighted by atomic mass is 16.6. The van der Waals surface area contributed by atoms with E-state index in [1.54, 1.807) is 12.0 Å². The minimum absolute atomic E-state index is 0.108. The Morgan fingerprint density at radius 1 is 1.17 bits per heavy atom. The third kappa shape index (κ3) is 6.15. The molecule has 2 amide bonds. The summed E-state index contributed by atoms with van der Waals surface area (Å²) in [4.78, 5) is 39.6. The largest absolute Gasteiger partial charge is 0.383 e. The predicted molar refractivity (Wildman–Crippen MR) is 112 cm³/mol. The average molecular weight is 416 g/mol. The number of rotatable bonds is 11. The van der Waals surface area contributed by atoms with Gasteiger partial charge in [0.25, 0.3) is 11.6 Å². The molecule has 0 unspecified atom stereocenters. The van der Waals surface area contributed by atoms with Crippen LogP contribution in [0.4, 0.5) is 5.69 Å². The first-order valence-corrected chi connectivity index (χ1v) is 9.78. The number of nitro benzene ring substituents is 1. The van der Waals surface area contributed by atoms with Gasteiger partial charge in [0.15, 0.2) is 0 Å². The smallest absolute Gasteiger partial charge is 0.270 e. The van der Waals surface area contributed by atoms with Crippen LogP contribution in [0.15, 0.2) is 42.6 Å². The van der Waals surface area contributed by atoms with Gasteiger partial charge in [0, 0.05) is 56.8 Å². The zero-order valence-corrected chi connectivity index (χ0v) is 17.6. The average Bonchev–Trinajstić information content (AvgIpc) is 3.14. The Hall–Kier alpha value is -3.20. The zero-order valence-electron chi connectivity index (χ0n) is 17.6.